The van der Waals surface area contributed by atoms with Crippen LogP contribution in [-0.2, 0) is 0 Å². The summed E-state index contributed by atoms with van der Waals surface area (Å²) in [6.07, 6.45) is 9.88. The molecule has 0 amide bonds. The van der Waals surface area contributed by atoms with Crippen LogP contribution in [0.4, 0.5) is 0 Å². The van der Waals surface area contributed by atoms with E-state index in [0.717, 1.165) is 6.64 Å². The molecule has 60 valence electrons. The van der Waals surface area contributed by atoms with Gasteiger partial charge in [-0.3, -0.25) is 0 Å². The van der Waals surface area contributed by atoms with Crippen molar-refractivity contribution < 1.29 is 1.37 Å². The van der Waals surface area contributed by atoms with Gasteiger partial charge in [0.1, 0.15) is 0 Å². The molecule has 0 bridgehead atoms. The lowest BCUT2D eigenvalue weighted by Gasteiger charge is -2.18. The van der Waals surface area contributed by atoms with Crippen molar-refractivity contribution >= 4 is 7.26 Å². The minimum Gasteiger partial charge on any atom is -0.0497 e. The summed E-state index contributed by atoms with van der Waals surface area (Å²) in [5, 5.41) is 0. The van der Waals surface area contributed by atoms with Gasteiger partial charge in [0, 0.05) is 13.9 Å². The second-order valence-corrected chi connectivity index (χ2v) is 7.73. The lowest BCUT2D eigenvalue weighted by atomic mass is 10.2. The molecule has 0 radical (unpaired) electrons. The van der Waals surface area contributed by atoms with Gasteiger partial charge in [0.15, 0.2) is 0 Å². The fourth-order valence-electron chi connectivity index (χ4n) is 1.68. The zero-order valence-corrected chi connectivity index (χ0v) is 8.00. The van der Waals surface area contributed by atoms with Crippen LogP contribution >= 0.6 is 7.26 Å². The molecule has 0 aromatic rings. The Balaban J connectivity index is 2.49. The van der Waals surface area contributed by atoms with E-state index in [1.807, 2.05) is 0 Å². The molecule has 1 heterocycles. The Hall–Kier alpha value is 0.430. The van der Waals surface area contributed by atoms with Crippen molar-refractivity contribution in [1.82, 2.24) is 0 Å². The molecule has 0 N–H and O–H groups in total. The fourth-order valence-corrected chi connectivity index (χ4v) is 4.32. The van der Waals surface area contributed by atoms with Crippen LogP contribution in [0.25, 0.3) is 0 Å². The SMILES string of the molecule is [2H]C[P+]1(CC)CCCCCC1. The summed E-state index contributed by atoms with van der Waals surface area (Å²) in [5.41, 5.74) is 0. The molecule has 0 unspecified atom stereocenters. The molecule has 0 nitrogen and oxygen atoms in total. The van der Waals surface area contributed by atoms with Crippen LogP contribution in [0.15, 0.2) is 0 Å². The summed E-state index contributed by atoms with van der Waals surface area (Å²) in [7, 11) is -0.729. The van der Waals surface area contributed by atoms with E-state index in [1.54, 1.807) is 0 Å². The van der Waals surface area contributed by atoms with Gasteiger partial charge in [-0.25, -0.2) is 0 Å². The Bertz CT molecular complexity index is 100. The first-order valence-electron chi connectivity index (χ1n) is 5.18. The summed E-state index contributed by atoms with van der Waals surface area (Å²) < 4.78 is 7.59. The van der Waals surface area contributed by atoms with E-state index in [2.05, 4.69) is 6.92 Å². The van der Waals surface area contributed by atoms with Crippen LogP contribution in [0.5, 0.6) is 0 Å². The molecule has 1 aliphatic heterocycles. The molecule has 1 aliphatic rings. The summed E-state index contributed by atoms with van der Waals surface area (Å²) in [6.45, 7) is 3.07. The molecule has 0 aliphatic carbocycles. The lowest BCUT2D eigenvalue weighted by molar-refractivity contribution is 0.726. The van der Waals surface area contributed by atoms with Crippen molar-refractivity contribution in [2.75, 3.05) is 25.1 Å². The van der Waals surface area contributed by atoms with Gasteiger partial charge < -0.3 is 0 Å². The maximum atomic E-state index is 7.59. The molecule has 10 heavy (non-hydrogen) atoms. The molecule has 1 heteroatoms. The second kappa shape index (κ2) is 3.72. The molecule has 1 fully saturated rings. The van der Waals surface area contributed by atoms with Crippen molar-refractivity contribution in [3.8, 4) is 0 Å². The van der Waals surface area contributed by atoms with E-state index < -0.39 is 7.26 Å². The zero-order chi connectivity index (χ0) is 8.16. The Morgan fingerprint density at radius 3 is 2.20 bits per heavy atom. The molecular weight excluding hydrogens is 139 g/mol. The predicted octanol–water partition coefficient (Wildman–Crippen LogP) is 3.23. The minimum absolute atomic E-state index is 0.729. The van der Waals surface area contributed by atoms with Crippen LogP contribution in [0.3, 0.4) is 0 Å². The second-order valence-electron chi connectivity index (χ2n) is 3.52. The highest BCUT2D eigenvalue weighted by atomic mass is 31.2. The highest BCUT2D eigenvalue weighted by Gasteiger charge is 2.29. The van der Waals surface area contributed by atoms with Crippen molar-refractivity contribution in [2.24, 2.45) is 0 Å². The Morgan fingerprint density at radius 1 is 1.20 bits per heavy atom. The van der Waals surface area contributed by atoms with Crippen molar-refractivity contribution in [2.45, 2.75) is 32.6 Å². The average Bonchev–Trinajstić information content (AvgIpc) is 2.30. The average molecular weight is 160 g/mol. The van der Waals surface area contributed by atoms with Crippen LogP contribution in [0.2, 0.25) is 0 Å². The first-order chi connectivity index (χ1) is 5.33. The predicted molar refractivity (Wildman–Crippen MR) is 51.6 cm³/mol. The highest BCUT2D eigenvalue weighted by Crippen LogP contribution is 2.57. The van der Waals surface area contributed by atoms with E-state index in [0.29, 0.717) is 0 Å². The molecule has 0 atom stereocenters. The first-order valence-corrected chi connectivity index (χ1v) is 7.00. The maximum absolute atomic E-state index is 7.59. The quantitative estimate of drug-likeness (QED) is 0.517. The van der Waals surface area contributed by atoms with E-state index in [4.69, 9.17) is 1.37 Å². The van der Waals surface area contributed by atoms with E-state index in [9.17, 15) is 0 Å². The third-order valence-corrected chi connectivity index (χ3v) is 6.56. The zero-order valence-electron chi connectivity index (χ0n) is 8.10. The van der Waals surface area contributed by atoms with E-state index >= 15 is 0 Å². The van der Waals surface area contributed by atoms with Crippen LogP contribution in [0.1, 0.15) is 34.0 Å². The monoisotopic (exact) mass is 160 g/mol. The van der Waals surface area contributed by atoms with E-state index in [-0.39, 0.29) is 0 Å². The van der Waals surface area contributed by atoms with Gasteiger partial charge in [-0.05, 0) is 32.6 Å². The summed E-state index contributed by atoms with van der Waals surface area (Å²) in [6, 6.07) is 0. The van der Waals surface area contributed by atoms with Gasteiger partial charge in [0.25, 0.3) is 0 Å². The highest BCUT2D eigenvalue weighted by molar-refractivity contribution is 7.75. The number of hydrogen-bond donors (Lipinski definition) is 0. The van der Waals surface area contributed by atoms with Crippen LogP contribution in [0, 0.1) is 0 Å². The molecule has 0 aromatic carbocycles. The minimum atomic E-state index is -0.729. The maximum Gasteiger partial charge on any atom is 0.0672 e. The Labute approximate surface area is 67.1 Å². The van der Waals surface area contributed by atoms with Gasteiger partial charge in [-0.1, -0.05) is 0 Å². The molecule has 0 aromatic heterocycles. The van der Waals surface area contributed by atoms with Crippen molar-refractivity contribution in [1.29, 1.82) is 0 Å². The first kappa shape index (κ1) is 7.10. The Kier molecular flexibility index (Phi) is 2.64. The Morgan fingerprint density at radius 2 is 1.80 bits per heavy atom. The van der Waals surface area contributed by atoms with Crippen LogP contribution in [-0.4, -0.2) is 25.1 Å². The van der Waals surface area contributed by atoms with Crippen molar-refractivity contribution in [3.05, 3.63) is 0 Å². The molecule has 1 rings (SSSR count). The summed E-state index contributed by atoms with van der Waals surface area (Å²) in [4.78, 5) is 0. The van der Waals surface area contributed by atoms with E-state index in [1.165, 1.54) is 44.2 Å². The van der Waals surface area contributed by atoms with Gasteiger partial charge in [0.05, 0.1) is 19.9 Å². The van der Waals surface area contributed by atoms with Crippen molar-refractivity contribution in [3.63, 3.8) is 0 Å². The third kappa shape index (κ3) is 2.23. The fraction of sp³-hybridized carbons (Fsp3) is 1.00. The molecule has 0 saturated carbocycles. The molecule has 1 saturated heterocycles. The summed E-state index contributed by atoms with van der Waals surface area (Å²) >= 11 is 0. The number of hydrogen-bond acceptors (Lipinski definition) is 0. The normalized spacial score (nSPS) is 27.1. The topological polar surface area (TPSA) is 0 Å². The van der Waals surface area contributed by atoms with Crippen LogP contribution < -0.4 is 0 Å². The molecule has 0 spiro atoms. The van der Waals surface area contributed by atoms with Gasteiger partial charge in [-0.15, -0.1) is 0 Å². The van der Waals surface area contributed by atoms with Gasteiger partial charge in [-0.2, -0.15) is 0 Å². The van der Waals surface area contributed by atoms with Gasteiger partial charge in [0.2, 0.25) is 0 Å². The summed E-state index contributed by atoms with van der Waals surface area (Å²) in [5.74, 6) is 0. The third-order valence-electron chi connectivity index (χ3n) is 2.69. The lowest BCUT2D eigenvalue weighted by Crippen LogP contribution is -2.01. The standard InChI is InChI=1S/C9H20P/c1-3-10(2)8-6-4-5-7-9-10/h3-9H2,1-2H3/q+1/i2D. The molecular formula is C9H20P+. The van der Waals surface area contributed by atoms with Gasteiger partial charge >= 0.3 is 0 Å². The smallest absolute Gasteiger partial charge is 0.0497 e. The number of rotatable bonds is 1. The largest absolute Gasteiger partial charge is 0.0672 e.